The van der Waals surface area contributed by atoms with E-state index >= 15 is 0 Å². The number of anilines is 1. The van der Waals surface area contributed by atoms with Gasteiger partial charge in [0.1, 0.15) is 11.4 Å². The zero-order valence-electron chi connectivity index (χ0n) is 15.6. The van der Waals surface area contributed by atoms with E-state index in [0.29, 0.717) is 22.6 Å². The van der Waals surface area contributed by atoms with Crippen molar-refractivity contribution in [2.24, 2.45) is 0 Å². The number of amides is 2. The van der Waals surface area contributed by atoms with Gasteiger partial charge in [0.25, 0.3) is 11.8 Å². The zero-order chi connectivity index (χ0) is 19.4. The molecule has 1 aliphatic heterocycles. The summed E-state index contributed by atoms with van der Waals surface area (Å²) < 4.78 is 10.2. The van der Waals surface area contributed by atoms with Crippen LogP contribution in [0.4, 0.5) is 5.69 Å². The van der Waals surface area contributed by atoms with Gasteiger partial charge < -0.3 is 14.8 Å². The summed E-state index contributed by atoms with van der Waals surface area (Å²) >= 11 is 0. The summed E-state index contributed by atoms with van der Waals surface area (Å²) in [6, 6.07) is 14.7. The summed E-state index contributed by atoms with van der Waals surface area (Å²) in [6.07, 6.45) is 0. The summed E-state index contributed by atoms with van der Waals surface area (Å²) in [4.78, 5) is 27.1. The van der Waals surface area contributed by atoms with Crippen LogP contribution in [0.15, 0.2) is 54.2 Å². The highest BCUT2D eigenvalue weighted by atomic mass is 16.5. The van der Waals surface area contributed by atoms with Crippen LogP contribution < -0.4 is 10.1 Å². The Hall–Kier alpha value is -3.12. The van der Waals surface area contributed by atoms with Crippen LogP contribution >= 0.6 is 0 Å². The van der Waals surface area contributed by atoms with Crippen LogP contribution in [0.25, 0.3) is 5.57 Å². The number of carbonyl (C=O) groups excluding carboxylic acids is 2. The van der Waals surface area contributed by atoms with E-state index in [1.54, 1.807) is 31.4 Å². The molecule has 0 atom stereocenters. The summed E-state index contributed by atoms with van der Waals surface area (Å²) in [5, 5.41) is 3.11. The Morgan fingerprint density at radius 2 is 1.59 bits per heavy atom. The lowest BCUT2D eigenvalue weighted by Crippen LogP contribution is -2.35. The Morgan fingerprint density at radius 1 is 0.926 bits per heavy atom. The first kappa shape index (κ1) is 18.7. The molecular weight excluding hydrogens is 344 g/mol. The van der Waals surface area contributed by atoms with E-state index in [1.165, 1.54) is 12.0 Å². The van der Waals surface area contributed by atoms with E-state index in [-0.39, 0.29) is 30.7 Å². The molecule has 1 aliphatic rings. The highest BCUT2D eigenvalue weighted by molar-refractivity contribution is 6.36. The third-order valence-electron chi connectivity index (χ3n) is 4.39. The van der Waals surface area contributed by atoms with Gasteiger partial charge in [0.05, 0.1) is 25.8 Å². The molecular formula is C21H22N2O4. The Morgan fingerprint density at radius 3 is 2.19 bits per heavy atom. The van der Waals surface area contributed by atoms with Crippen LogP contribution in [0.3, 0.4) is 0 Å². The molecule has 2 aromatic carbocycles. The third-order valence-corrected chi connectivity index (χ3v) is 4.39. The Balaban J connectivity index is 1.99. The molecule has 0 fully saturated rings. The Bertz CT molecular complexity index is 870. The number of methoxy groups -OCH3 is 2. The van der Waals surface area contributed by atoms with Crippen LogP contribution in [0.5, 0.6) is 5.75 Å². The Labute approximate surface area is 158 Å². The van der Waals surface area contributed by atoms with Gasteiger partial charge in [-0.15, -0.1) is 0 Å². The lowest BCUT2D eigenvalue weighted by atomic mass is 10.0. The van der Waals surface area contributed by atoms with Gasteiger partial charge in [-0.2, -0.15) is 0 Å². The maximum atomic E-state index is 12.9. The molecule has 3 rings (SSSR count). The lowest BCUT2D eigenvalue weighted by Gasteiger charge is -2.14. The second kappa shape index (κ2) is 8.05. The first-order chi connectivity index (χ1) is 13.0. The summed E-state index contributed by atoms with van der Waals surface area (Å²) in [7, 11) is 3.13. The topological polar surface area (TPSA) is 67.9 Å². The van der Waals surface area contributed by atoms with Crippen molar-refractivity contribution in [3.63, 3.8) is 0 Å². The minimum absolute atomic E-state index is 0.206. The van der Waals surface area contributed by atoms with Crippen molar-refractivity contribution < 1.29 is 19.1 Å². The first-order valence-corrected chi connectivity index (χ1v) is 8.62. The molecule has 6 heteroatoms. The molecule has 2 amide bonds. The molecule has 0 aliphatic carbocycles. The monoisotopic (exact) mass is 366 g/mol. The smallest absolute Gasteiger partial charge is 0.278 e. The van der Waals surface area contributed by atoms with Crippen LogP contribution in [-0.2, 0) is 14.3 Å². The molecule has 6 nitrogen and oxygen atoms in total. The molecule has 1 heterocycles. The van der Waals surface area contributed by atoms with Crippen LogP contribution in [-0.4, -0.2) is 44.1 Å². The van der Waals surface area contributed by atoms with Gasteiger partial charge in [-0.3, -0.25) is 14.5 Å². The molecule has 140 valence electrons. The Kier molecular flexibility index (Phi) is 5.57. The van der Waals surface area contributed by atoms with Gasteiger partial charge in [0.15, 0.2) is 0 Å². The van der Waals surface area contributed by atoms with Crippen molar-refractivity contribution in [2.45, 2.75) is 6.92 Å². The number of rotatable bonds is 7. The van der Waals surface area contributed by atoms with Crippen LogP contribution in [0, 0.1) is 6.92 Å². The average molecular weight is 366 g/mol. The quantitative estimate of drug-likeness (QED) is 0.763. The van der Waals surface area contributed by atoms with Gasteiger partial charge in [-0.05, 0) is 36.8 Å². The van der Waals surface area contributed by atoms with Crippen molar-refractivity contribution in [1.82, 2.24) is 4.90 Å². The number of hydrogen-bond acceptors (Lipinski definition) is 5. The van der Waals surface area contributed by atoms with Gasteiger partial charge in [-0.1, -0.05) is 29.8 Å². The normalized spacial score (nSPS) is 14.1. The van der Waals surface area contributed by atoms with Crippen molar-refractivity contribution in [1.29, 1.82) is 0 Å². The van der Waals surface area contributed by atoms with Crippen molar-refractivity contribution in [3.05, 3.63) is 65.4 Å². The predicted octanol–water partition coefficient (Wildman–Crippen LogP) is 2.84. The molecule has 0 aromatic heterocycles. The van der Waals surface area contributed by atoms with Gasteiger partial charge in [-0.25, -0.2) is 0 Å². The third kappa shape index (κ3) is 3.85. The maximum absolute atomic E-state index is 12.9. The molecule has 1 N–H and O–H groups in total. The minimum atomic E-state index is -0.358. The molecule has 0 bridgehead atoms. The zero-order valence-corrected chi connectivity index (χ0v) is 15.6. The number of ether oxygens (including phenoxy) is 2. The molecule has 0 spiro atoms. The predicted molar refractivity (Wildman–Crippen MR) is 103 cm³/mol. The van der Waals surface area contributed by atoms with E-state index in [9.17, 15) is 9.59 Å². The first-order valence-electron chi connectivity index (χ1n) is 8.62. The molecule has 0 radical (unpaired) electrons. The number of nitrogens with one attached hydrogen (secondary N) is 1. The molecule has 0 saturated carbocycles. The highest BCUT2D eigenvalue weighted by Crippen LogP contribution is 2.31. The fraction of sp³-hybridized carbons (Fsp3) is 0.238. The largest absolute Gasteiger partial charge is 0.497 e. The number of imide groups is 1. The van der Waals surface area contributed by atoms with Crippen molar-refractivity contribution in [3.8, 4) is 5.75 Å². The van der Waals surface area contributed by atoms with E-state index < -0.39 is 0 Å². The molecule has 2 aromatic rings. The van der Waals surface area contributed by atoms with Gasteiger partial charge in [0.2, 0.25) is 0 Å². The average Bonchev–Trinajstić information content (AvgIpc) is 2.91. The lowest BCUT2D eigenvalue weighted by molar-refractivity contribution is -0.137. The standard InChI is InChI=1S/C21H22N2O4/c1-14-4-6-15(7-5-14)18-19(21(25)23(20(18)24)12-13-26-2)22-16-8-10-17(27-3)11-9-16/h4-11,22H,12-13H2,1-3H3. The van der Waals surface area contributed by atoms with Gasteiger partial charge in [0, 0.05) is 12.8 Å². The number of aryl methyl sites for hydroxylation is 1. The molecule has 27 heavy (non-hydrogen) atoms. The number of benzene rings is 2. The summed E-state index contributed by atoms with van der Waals surface area (Å²) in [5.74, 6) is 0.0317. The van der Waals surface area contributed by atoms with E-state index in [1.807, 2.05) is 31.2 Å². The van der Waals surface area contributed by atoms with Crippen molar-refractivity contribution in [2.75, 3.05) is 32.7 Å². The van der Waals surface area contributed by atoms with Gasteiger partial charge >= 0.3 is 0 Å². The van der Waals surface area contributed by atoms with Crippen LogP contribution in [0.2, 0.25) is 0 Å². The number of hydrogen-bond donors (Lipinski definition) is 1. The highest BCUT2D eigenvalue weighted by Gasteiger charge is 2.38. The number of carbonyl (C=O) groups is 2. The van der Waals surface area contributed by atoms with E-state index in [4.69, 9.17) is 9.47 Å². The molecule has 0 saturated heterocycles. The van der Waals surface area contributed by atoms with Crippen molar-refractivity contribution >= 4 is 23.1 Å². The van der Waals surface area contributed by atoms with Crippen LogP contribution in [0.1, 0.15) is 11.1 Å². The number of nitrogens with zero attached hydrogens (tertiary/aromatic N) is 1. The minimum Gasteiger partial charge on any atom is -0.497 e. The second-order valence-electron chi connectivity index (χ2n) is 6.22. The molecule has 0 unspecified atom stereocenters. The van der Waals surface area contributed by atoms with E-state index in [0.717, 1.165) is 5.56 Å². The fourth-order valence-electron chi connectivity index (χ4n) is 2.88. The van der Waals surface area contributed by atoms with E-state index in [2.05, 4.69) is 5.32 Å². The SMILES string of the molecule is COCCN1C(=O)C(Nc2ccc(OC)cc2)=C(c2ccc(C)cc2)C1=O. The fourth-order valence-corrected chi connectivity index (χ4v) is 2.88. The second-order valence-corrected chi connectivity index (χ2v) is 6.22. The summed E-state index contributed by atoms with van der Waals surface area (Å²) in [6.45, 7) is 2.47. The maximum Gasteiger partial charge on any atom is 0.278 e. The summed E-state index contributed by atoms with van der Waals surface area (Å²) in [5.41, 5.74) is 3.12.